The Morgan fingerprint density at radius 3 is 2.40 bits per heavy atom. The Balaban J connectivity index is 2.50. The minimum atomic E-state index is -4.09. The largest absolute Gasteiger partial charge is 0.459 e. The minimum Gasteiger partial charge on any atom is -0.459 e. The highest BCUT2D eigenvalue weighted by Crippen LogP contribution is 2.31. The second-order valence-electron chi connectivity index (χ2n) is 8.05. The highest BCUT2D eigenvalue weighted by molar-refractivity contribution is 7.89. The molecule has 0 aliphatic heterocycles. The second-order valence-corrected chi connectivity index (χ2v) is 10.2. The highest BCUT2D eigenvalue weighted by Gasteiger charge is 2.32. The van der Waals surface area contributed by atoms with E-state index in [4.69, 9.17) is 27.8 Å². The smallest absolute Gasteiger partial charge is 0.324 e. The van der Waals surface area contributed by atoms with Crippen molar-refractivity contribution in [1.29, 1.82) is 0 Å². The van der Waals surface area contributed by atoms with E-state index < -0.39 is 27.6 Å². The molecule has 1 atom stereocenters. The monoisotopic (exact) mass is 455 g/mol. The maximum atomic E-state index is 13.0. The maximum absolute atomic E-state index is 13.0. The van der Waals surface area contributed by atoms with Crippen molar-refractivity contribution >= 4 is 50.1 Å². The first-order valence-corrected chi connectivity index (χ1v) is 11.0. The molecule has 164 valence electrons. The molecular weight excluding hydrogens is 430 g/mol. The molecule has 9 nitrogen and oxygen atoms in total. The van der Waals surface area contributed by atoms with Crippen LogP contribution >= 0.6 is 11.6 Å². The third-order valence-electron chi connectivity index (χ3n) is 3.94. The highest BCUT2D eigenvalue weighted by atomic mass is 35.5. The van der Waals surface area contributed by atoms with Gasteiger partial charge in [-0.3, -0.25) is 4.79 Å². The minimum absolute atomic E-state index is 0.0969. The van der Waals surface area contributed by atoms with Gasteiger partial charge >= 0.3 is 5.97 Å². The van der Waals surface area contributed by atoms with Gasteiger partial charge in [0, 0.05) is 17.0 Å². The number of aromatic nitrogens is 1. The van der Waals surface area contributed by atoms with Gasteiger partial charge in [0.25, 0.3) is 0 Å². The van der Waals surface area contributed by atoms with Gasteiger partial charge in [0.05, 0.1) is 9.92 Å². The number of carbonyl (C=O) groups excluding carboxylic acids is 1. The molecule has 0 amide bonds. The summed E-state index contributed by atoms with van der Waals surface area (Å²) in [6.45, 7) is 8.57. The van der Waals surface area contributed by atoms with Crippen LogP contribution in [-0.4, -0.2) is 37.0 Å². The number of hydrogen-bond donors (Lipinski definition) is 3. The number of hydrogen-bond acceptors (Lipinski definition) is 6. The summed E-state index contributed by atoms with van der Waals surface area (Å²) in [4.78, 5) is 20.4. The molecule has 0 saturated carbocycles. The Morgan fingerprint density at radius 1 is 1.23 bits per heavy atom. The third kappa shape index (κ3) is 5.80. The third-order valence-corrected chi connectivity index (χ3v) is 5.68. The van der Waals surface area contributed by atoms with Crippen molar-refractivity contribution in [3.05, 3.63) is 29.4 Å². The van der Waals surface area contributed by atoms with E-state index in [0.29, 0.717) is 15.8 Å². The number of sulfonamides is 1. The fraction of sp³-hybridized carbons (Fsp3) is 0.421. The maximum Gasteiger partial charge on any atom is 0.324 e. The van der Waals surface area contributed by atoms with Crippen LogP contribution in [0.2, 0.25) is 5.02 Å². The first-order valence-electron chi connectivity index (χ1n) is 9.14. The lowest BCUT2D eigenvalue weighted by Crippen LogP contribution is -2.47. The molecule has 0 saturated heterocycles. The van der Waals surface area contributed by atoms with E-state index in [9.17, 15) is 13.2 Å². The van der Waals surface area contributed by atoms with Crippen LogP contribution in [-0.2, 0) is 19.6 Å². The average molecular weight is 456 g/mol. The Bertz CT molecular complexity index is 1090. The normalized spacial score (nSPS) is 13.3. The Kier molecular flexibility index (Phi) is 6.95. The first kappa shape index (κ1) is 23.8. The molecule has 0 fully saturated rings. The van der Waals surface area contributed by atoms with Gasteiger partial charge in [-0.1, -0.05) is 31.5 Å². The van der Waals surface area contributed by atoms with Crippen LogP contribution in [0.25, 0.3) is 10.8 Å². The number of fused-ring (bicyclic) bond motifs is 1. The lowest BCUT2D eigenvalue weighted by atomic mass is 10.1. The van der Waals surface area contributed by atoms with Crippen LogP contribution < -0.4 is 16.2 Å². The molecule has 1 aromatic heterocycles. The number of pyridine rings is 1. The van der Waals surface area contributed by atoms with Crippen LogP contribution in [0.5, 0.6) is 0 Å². The number of nitrogens with two attached hydrogens (primary N) is 2. The Morgan fingerprint density at radius 2 is 1.87 bits per heavy atom. The predicted molar refractivity (Wildman–Crippen MR) is 117 cm³/mol. The van der Waals surface area contributed by atoms with Crippen molar-refractivity contribution in [2.24, 2.45) is 22.4 Å². The van der Waals surface area contributed by atoms with Gasteiger partial charge in [-0.25, -0.2) is 13.4 Å². The summed E-state index contributed by atoms with van der Waals surface area (Å²) in [6, 6.07) is 3.18. The molecule has 1 aromatic carbocycles. The lowest BCUT2D eigenvalue weighted by Gasteiger charge is -2.26. The van der Waals surface area contributed by atoms with E-state index in [2.05, 4.69) is 14.7 Å². The van der Waals surface area contributed by atoms with Gasteiger partial charge in [-0.2, -0.15) is 9.71 Å². The number of halogens is 1. The van der Waals surface area contributed by atoms with Crippen molar-refractivity contribution in [2.45, 2.75) is 51.2 Å². The van der Waals surface area contributed by atoms with Gasteiger partial charge in [0.2, 0.25) is 10.0 Å². The van der Waals surface area contributed by atoms with Gasteiger partial charge in [-0.05, 0) is 38.8 Å². The number of carbonyl (C=O) groups is 1. The quantitative estimate of drug-likeness (QED) is 0.344. The average Bonchev–Trinajstić information content (AvgIpc) is 2.59. The number of ether oxygens (including phenoxy) is 1. The molecule has 5 N–H and O–H groups in total. The summed E-state index contributed by atoms with van der Waals surface area (Å²) in [5.74, 6) is -1.11. The summed E-state index contributed by atoms with van der Waals surface area (Å²) < 4.78 is 33.8. The number of esters is 1. The summed E-state index contributed by atoms with van der Waals surface area (Å²) in [5.41, 5.74) is 10.1. The van der Waals surface area contributed by atoms with Crippen molar-refractivity contribution < 1.29 is 17.9 Å². The van der Waals surface area contributed by atoms with Crippen LogP contribution in [0.15, 0.2) is 34.3 Å². The number of rotatable bonds is 6. The molecule has 0 bridgehead atoms. The van der Waals surface area contributed by atoms with E-state index in [0.717, 1.165) is 0 Å². The van der Waals surface area contributed by atoms with Crippen LogP contribution in [0, 0.1) is 5.92 Å². The SMILES string of the molecule is CC(C)[C@H](NS(=O)(=O)c1ccc2c(Cl)cnc(N=C(N)N)c2c1)C(=O)OC(C)(C)C. The lowest BCUT2D eigenvalue weighted by molar-refractivity contribution is -0.158. The topological polar surface area (TPSA) is 150 Å². The zero-order valence-corrected chi connectivity index (χ0v) is 19.0. The molecule has 0 aliphatic rings. The Labute approximate surface area is 180 Å². The second kappa shape index (κ2) is 8.75. The van der Waals surface area contributed by atoms with Gasteiger partial charge in [0.1, 0.15) is 11.6 Å². The van der Waals surface area contributed by atoms with Crippen molar-refractivity contribution in [1.82, 2.24) is 9.71 Å². The Hall–Kier alpha value is -2.43. The number of nitrogens with one attached hydrogen (secondary N) is 1. The molecule has 0 spiro atoms. The zero-order chi connectivity index (χ0) is 22.9. The van der Waals surface area contributed by atoms with Crippen molar-refractivity contribution in [3.63, 3.8) is 0 Å². The molecule has 30 heavy (non-hydrogen) atoms. The van der Waals surface area contributed by atoms with Crippen LogP contribution in [0.1, 0.15) is 34.6 Å². The zero-order valence-electron chi connectivity index (χ0n) is 17.4. The van der Waals surface area contributed by atoms with Crippen LogP contribution in [0.4, 0.5) is 5.82 Å². The summed E-state index contributed by atoms with van der Waals surface area (Å²) in [6.07, 6.45) is 1.37. The van der Waals surface area contributed by atoms with E-state index in [-0.39, 0.29) is 22.6 Å². The standard InChI is InChI=1S/C19H26ClN5O4S/c1-10(2)15(17(26)29-19(3,4)5)25-30(27,28)11-6-7-12-13(8-11)16(24-18(21)22)23-9-14(12)20/h6-10,15,25H,1-5H3,(H4,21,22,23,24)/t15-/m0/s1. The van der Waals surface area contributed by atoms with Gasteiger partial charge in [0.15, 0.2) is 11.8 Å². The molecule has 0 aliphatic carbocycles. The van der Waals surface area contributed by atoms with E-state index in [1.165, 1.54) is 24.4 Å². The van der Waals surface area contributed by atoms with Crippen molar-refractivity contribution in [3.8, 4) is 0 Å². The molecule has 11 heteroatoms. The molecular formula is C19H26ClN5O4S. The number of benzene rings is 1. The van der Waals surface area contributed by atoms with Crippen LogP contribution in [0.3, 0.4) is 0 Å². The molecule has 2 aromatic rings. The molecule has 0 radical (unpaired) electrons. The van der Waals surface area contributed by atoms with Gasteiger partial charge < -0.3 is 16.2 Å². The fourth-order valence-electron chi connectivity index (χ4n) is 2.61. The van der Waals surface area contributed by atoms with Crippen molar-refractivity contribution in [2.75, 3.05) is 0 Å². The molecule has 2 rings (SSSR count). The molecule has 1 heterocycles. The van der Waals surface area contributed by atoms with E-state index in [1.807, 2.05) is 0 Å². The number of aliphatic imine (C=N–C) groups is 1. The predicted octanol–water partition coefficient (Wildman–Crippen LogP) is 2.44. The van der Waals surface area contributed by atoms with E-state index in [1.54, 1.807) is 34.6 Å². The first-order chi connectivity index (χ1) is 13.7. The number of nitrogens with zero attached hydrogens (tertiary/aromatic N) is 2. The summed E-state index contributed by atoms with van der Waals surface area (Å²) >= 11 is 6.16. The molecule has 0 unspecified atom stereocenters. The number of guanidine groups is 1. The van der Waals surface area contributed by atoms with Gasteiger partial charge in [-0.15, -0.1) is 0 Å². The summed E-state index contributed by atoms with van der Waals surface area (Å²) in [7, 11) is -4.09. The van der Waals surface area contributed by atoms with E-state index >= 15 is 0 Å². The fourth-order valence-corrected chi connectivity index (χ4v) is 4.18. The summed E-state index contributed by atoms with van der Waals surface area (Å²) in [5, 5.41) is 1.18.